The SMILES string of the molecule is CCCCCc1ccc(N=C(N)CCl)cc1. The van der Waals surface area contributed by atoms with Gasteiger partial charge in [-0.05, 0) is 30.5 Å². The molecule has 1 rings (SSSR count). The van der Waals surface area contributed by atoms with Crippen molar-refractivity contribution in [1.82, 2.24) is 0 Å². The Morgan fingerprint density at radius 3 is 2.50 bits per heavy atom. The van der Waals surface area contributed by atoms with Crippen LogP contribution < -0.4 is 5.73 Å². The predicted molar refractivity (Wildman–Crippen MR) is 71.7 cm³/mol. The van der Waals surface area contributed by atoms with Gasteiger partial charge in [-0.25, -0.2) is 4.99 Å². The summed E-state index contributed by atoms with van der Waals surface area (Å²) in [5.41, 5.74) is 7.79. The van der Waals surface area contributed by atoms with Crippen LogP contribution in [0.25, 0.3) is 0 Å². The number of rotatable bonds is 6. The Bertz CT molecular complexity index is 330. The van der Waals surface area contributed by atoms with Crippen molar-refractivity contribution in [3.8, 4) is 0 Å². The van der Waals surface area contributed by atoms with E-state index in [1.165, 1.54) is 24.8 Å². The van der Waals surface area contributed by atoms with Crippen LogP contribution in [-0.2, 0) is 6.42 Å². The maximum Gasteiger partial charge on any atom is 0.115 e. The van der Waals surface area contributed by atoms with E-state index in [-0.39, 0.29) is 5.88 Å². The van der Waals surface area contributed by atoms with E-state index in [1.807, 2.05) is 12.1 Å². The van der Waals surface area contributed by atoms with E-state index >= 15 is 0 Å². The van der Waals surface area contributed by atoms with Gasteiger partial charge in [0, 0.05) is 0 Å². The highest BCUT2D eigenvalue weighted by Gasteiger charge is 1.95. The molecule has 0 saturated heterocycles. The first-order valence-electron chi connectivity index (χ1n) is 5.74. The molecular formula is C13H19ClN2. The van der Waals surface area contributed by atoms with Crippen molar-refractivity contribution >= 4 is 23.1 Å². The molecule has 0 aliphatic carbocycles. The Hall–Kier alpha value is -1.02. The molecule has 0 amide bonds. The smallest absolute Gasteiger partial charge is 0.115 e. The van der Waals surface area contributed by atoms with Crippen LogP contribution in [0.15, 0.2) is 29.3 Å². The molecule has 88 valence electrons. The van der Waals surface area contributed by atoms with Crippen molar-refractivity contribution in [3.63, 3.8) is 0 Å². The topological polar surface area (TPSA) is 38.4 Å². The Kier molecular flexibility index (Phi) is 5.94. The second kappa shape index (κ2) is 7.29. The molecule has 2 N–H and O–H groups in total. The van der Waals surface area contributed by atoms with Gasteiger partial charge in [-0.15, -0.1) is 11.6 Å². The number of hydrogen-bond donors (Lipinski definition) is 1. The van der Waals surface area contributed by atoms with Crippen molar-refractivity contribution in [2.75, 3.05) is 5.88 Å². The molecule has 0 heterocycles. The fraction of sp³-hybridized carbons (Fsp3) is 0.462. The minimum atomic E-state index is 0.276. The van der Waals surface area contributed by atoms with Crippen molar-refractivity contribution in [2.45, 2.75) is 32.6 Å². The van der Waals surface area contributed by atoms with Crippen LogP contribution >= 0.6 is 11.6 Å². The van der Waals surface area contributed by atoms with Crippen LogP contribution in [0, 0.1) is 0 Å². The quantitative estimate of drug-likeness (QED) is 0.349. The molecule has 0 unspecified atom stereocenters. The molecule has 0 aromatic heterocycles. The maximum atomic E-state index is 5.56. The summed E-state index contributed by atoms with van der Waals surface area (Å²) in [4.78, 5) is 4.18. The molecule has 0 saturated carbocycles. The van der Waals surface area contributed by atoms with E-state index in [4.69, 9.17) is 17.3 Å². The first kappa shape index (κ1) is 13.0. The minimum absolute atomic E-state index is 0.276. The fourth-order valence-electron chi connectivity index (χ4n) is 1.51. The molecule has 0 atom stereocenters. The zero-order chi connectivity index (χ0) is 11.8. The summed E-state index contributed by atoms with van der Waals surface area (Å²) in [5, 5.41) is 0. The van der Waals surface area contributed by atoms with Gasteiger partial charge in [0.1, 0.15) is 5.84 Å². The highest BCUT2D eigenvalue weighted by atomic mass is 35.5. The van der Waals surface area contributed by atoms with E-state index in [1.54, 1.807) is 0 Å². The summed E-state index contributed by atoms with van der Waals surface area (Å²) < 4.78 is 0. The van der Waals surface area contributed by atoms with Crippen LogP contribution in [0.5, 0.6) is 0 Å². The third-order valence-electron chi connectivity index (χ3n) is 2.41. The summed E-state index contributed by atoms with van der Waals surface area (Å²) in [5.74, 6) is 0.735. The van der Waals surface area contributed by atoms with E-state index < -0.39 is 0 Å². The van der Waals surface area contributed by atoms with Gasteiger partial charge in [-0.1, -0.05) is 31.9 Å². The molecule has 1 aromatic carbocycles. The molecule has 2 nitrogen and oxygen atoms in total. The van der Waals surface area contributed by atoms with Gasteiger partial charge < -0.3 is 5.73 Å². The van der Waals surface area contributed by atoms with E-state index in [2.05, 4.69) is 24.0 Å². The summed E-state index contributed by atoms with van der Waals surface area (Å²) in [6.07, 6.45) is 4.94. The zero-order valence-electron chi connectivity index (χ0n) is 9.75. The summed E-state index contributed by atoms with van der Waals surface area (Å²) in [6, 6.07) is 8.19. The first-order valence-corrected chi connectivity index (χ1v) is 6.27. The van der Waals surface area contributed by atoms with Crippen LogP contribution in [-0.4, -0.2) is 11.7 Å². The number of alkyl halides is 1. The van der Waals surface area contributed by atoms with E-state index in [9.17, 15) is 0 Å². The Morgan fingerprint density at radius 2 is 1.94 bits per heavy atom. The number of benzene rings is 1. The van der Waals surface area contributed by atoms with Gasteiger partial charge in [0.2, 0.25) is 0 Å². The number of nitrogens with two attached hydrogens (primary N) is 1. The number of hydrogen-bond acceptors (Lipinski definition) is 1. The number of aryl methyl sites for hydroxylation is 1. The second-order valence-electron chi connectivity index (χ2n) is 3.86. The largest absolute Gasteiger partial charge is 0.386 e. The van der Waals surface area contributed by atoms with Gasteiger partial charge in [-0.3, -0.25) is 0 Å². The van der Waals surface area contributed by atoms with Crippen molar-refractivity contribution in [3.05, 3.63) is 29.8 Å². The highest BCUT2D eigenvalue weighted by molar-refractivity contribution is 6.28. The highest BCUT2D eigenvalue weighted by Crippen LogP contribution is 2.15. The third kappa shape index (κ3) is 4.67. The molecule has 0 spiro atoms. The van der Waals surface area contributed by atoms with Gasteiger partial charge >= 0.3 is 0 Å². The van der Waals surface area contributed by atoms with Gasteiger partial charge in [0.15, 0.2) is 0 Å². The van der Waals surface area contributed by atoms with Gasteiger partial charge in [0.05, 0.1) is 11.6 Å². The van der Waals surface area contributed by atoms with Crippen molar-refractivity contribution < 1.29 is 0 Å². The first-order chi connectivity index (χ1) is 7.76. The summed E-state index contributed by atoms with van der Waals surface area (Å²) >= 11 is 5.56. The maximum absolute atomic E-state index is 5.56. The molecule has 0 aliphatic rings. The molecule has 16 heavy (non-hydrogen) atoms. The lowest BCUT2D eigenvalue weighted by molar-refractivity contribution is 0.717. The Labute approximate surface area is 103 Å². The van der Waals surface area contributed by atoms with Crippen molar-refractivity contribution in [2.24, 2.45) is 10.7 Å². The van der Waals surface area contributed by atoms with Crippen LogP contribution in [0.3, 0.4) is 0 Å². The average Bonchev–Trinajstić information content (AvgIpc) is 2.31. The zero-order valence-corrected chi connectivity index (χ0v) is 10.5. The minimum Gasteiger partial charge on any atom is -0.386 e. The number of aliphatic imine (C=N–C) groups is 1. The van der Waals surface area contributed by atoms with Crippen LogP contribution in [0.4, 0.5) is 5.69 Å². The van der Waals surface area contributed by atoms with Crippen LogP contribution in [0.1, 0.15) is 31.7 Å². The molecule has 0 fully saturated rings. The molecular weight excluding hydrogens is 220 g/mol. The fourth-order valence-corrected chi connectivity index (χ4v) is 1.57. The Balaban J connectivity index is 2.54. The molecule has 0 aliphatic heterocycles. The third-order valence-corrected chi connectivity index (χ3v) is 2.69. The Morgan fingerprint density at radius 1 is 1.25 bits per heavy atom. The second-order valence-corrected chi connectivity index (χ2v) is 4.13. The summed E-state index contributed by atoms with van der Waals surface area (Å²) in [6.45, 7) is 2.22. The lowest BCUT2D eigenvalue weighted by Gasteiger charge is -2.01. The number of halogens is 1. The van der Waals surface area contributed by atoms with E-state index in [0.29, 0.717) is 5.84 Å². The lowest BCUT2D eigenvalue weighted by atomic mass is 10.1. The number of nitrogens with zero attached hydrogens (tertiary/aromatic N) is 1. The normalized spacial score (nSPS) is 11.8. The molecule has 1 aromatic rings. The monoisotopic (exact) mass is 238 g/mol. The van der Waals surface area contributed by atoms with E-state index in [0.717, 1.165) is 12.1 Å². The summed E-state index contributed by atoms with van der Waals surface area (Å²) in [7, 11) is 0. The van der Waals surface area contributed by atoms with Crippen molar-refractivity contribution in [1.29, 1.82) is 0 Å². The van der Waals surface area contributed by atoms with Gasteiger partial charge in [-0.2, -0.15) is 0 Å². The van der Waals surface area contributed by atoms with Gasteiger partial charge in [0.25, 0.3) is 0 Å². The lowest BCUT2D eigenvalue weighted by Crippen LogP contribution is -2.12. The standard InChI is InChI=1S/C13H19ClN2/c1-2-3-4-5-11-6-8-12(9-7-11)16-13(15)10-14/h6-9H,2-5,10H2,1H3,(H2,15,16). The van der Waals surface area contributed by atoms with Crippen LogP contribution in [0.2, 0.25) is 0 Å². The molecule has 3 heteroatoms. The molecule has 0 radical (unpaired) electrons. The number of amidine groups is 1. The predicted octanol–water partition coefficient (Wildman–Crippen LogP) is 3.65. The average molecular weight is 239 g/mol. The molecule has 0 bridgehead atoms. The number of unbranched alkanes of at least 4 members (excludes halogenated alkanes) is 2.